The van der Waals surface area contributed by atoms with Crippen LogP contribution in [0.25, 0.3) is 11.4 Å². The van der Waals surface area contributed by atoms with Gasteiger partial charge in [-0.2, -0.15) is 0 Å². The van der Waals surface area contributed by atoms with E-state index in [9.17, 15) is 8.78 Å². The Balaban J connectivity index is 2.52. The summed E-state index contributed by atoms with van der Waals surface area (Å²) in [6.45, 7) is -0.244. The number of nitrogens with zero attached hydrogens (tertiary/aromatic N) is 2. The second-order valence-electron chi connectivity index (χ2n) is 3.42. The van der Waals surface area contributed by atoms with Crippen LogP contribution in [0.2, 0.25) is 0 Å². The smallest absolute Gasteiger partial charge is 0.264 e. The molecule has 2 aromatic rings. The monoisotopic (exact) mass is 236 g/mol. The van der Waals surface area contributed by atoms with Gasteiger partial charge in [-0.05, 0) is 6.07 Å². The Morgan fingerprint density at radius 1 is 1.18 bits per heavy atom. The topological polar surface area (TPSA) is 46.0 Å². The molecule has 0 atom stereocenters. The molecule has 0 amide bonds. The Morgan fingerprint density at radius 3 is 2.65 bits per heavy atom. The number of aliphatic hydroxyl groups excluding tert-OH is 1. The van der Waals surface area contributed by atoms with E-state index < -0.39 is 6.43 Å². The fourth-order valence-corrected chi connectivity index (χ4v) is 1.50. The van der Waals surface area contributed by atoms with E-state index in [0.29, 0.717) is 5.69 Å². The molecule has 0 bridgehead atoms. The van der Waals surface area contributed by atoms with E-state index >= 15 is 0 Å². The van der Waals surface area contributed by atoms with Gasteiger partial charge >= 0.3 is 0 Å². The predicted octanol–water partition coefficient (Wildman–Crippen LogP) is 2.57. The molecule has 0 saturated carbocycles. The third kappa shape index (κ3) is 2.45. The molecule has 0 saturated heterocycles. The van der Waals surface area contributed by atoms with Gasteiger partial charge in [-0.1, -0.05) is 24.3 Å². The van der Waals surface area contributed by atoms with E-state index in [0.717, 1.165) is 0 Å². The van der Waals surface area contributed by atoms with Gasteiger partial charge in [0.15, 0.2) is 5.82 Å². The lowest BCUT2D eigenvalue weighted by molar-refractivity contribution is 0.152. The molecule has 0 aliphatic rings. The highest BCUT2D eigenvalue weighted by Gasteiger charge is 2.15. The van der Waals surface area contributed by atoms with Crippen molar-refractivity contribution in [2.24, 2.45) is 0 Å². The molecular formula is C12H10F2N2O. The van der Waals surface area contributed by atoms with Gasteiger partial charge in [0, 0.05) is 17.3 Å². The Bertz CT molecular complexity index is 517. The average molecular weight is 236 g/mol. The minimum atomic E-state index is -2.58. The van der Waals surface area contributed by atoms with Crippen molar-refractivity contribution in [3.63, 3.8) is 0 Å². The van der Waals surface area contributed by atoms with Crippen LogP contribution in [-0.4, -0.2) is 15.1 Å². The number of benzene rings is 1. The zero-order valence-corrected chi connectivity index (χ0v) is 8.85. The van der Waals surface area contributed by atoms with Crippen LogP contribution in [0.1, 0.15) is 17.7 Å². The molecule has 0 radical (unpaired) electrons. The molecule has 1 N–H and O–H groups in total. The SMILES string of the molecule is OCc1ccnc(-c2ccccc2C(F)F)n1. The highest BCUT2D eigenvalue weighted by atomic mass is 19.3. The van der Waals surface area contributed by atoms with E-state index in [1.807, 2.05) is 0 Å². The lowest BCUT2D eigenvalue weighted by Gasteiger charge is -2.07. The zero-order chi connectivity index (χ0) is 12.3. The van der Waals surface area contributed by atoms with Gasteiger partial charge in [0.25, 0.3) is 6.43 Å². The lowest BCUT2D eigenvalue weighted by atomic mass is 10.1. The third-order valence-corrected chi connectivity index (χ3v) is 2.31. The molecule has 0 unspecified atom stereocenters. The number of hydrogen-bond donors (Lipinski definition) is 1. The van der Waals surface area contributed by atoms with E-state index in [2.05, 4.69) is 9.97 Å². The summed E-state index contributed by atoms with van der Waals surface area (Å²) in [5.74, 6) is 0.201. The molecular weight excluding hydrogens is 226 g/mol. The van der Waals surface area contributed by atoms with Crippen LogP contribution in [0.3, 0.4) is 0 Å². The molecule has 1 heterocycles. The molecule has 1 aromatic heterocycles. The maximum atomic E-state index is 12.8. The highest BCUT2D eigenvalue weighted by molar-refractivity contribution is 5.60. The molecule has 0 aliphatic carbocycles. The van der Waals surface area contributed by atoms with Gasteiger partial charge < -0.3 is 5.11 Å². The summed E-state index contributed by atoms with van der Waals surface area (Å²) < 4.78 is 25.6. The Labute approximate surface area is 96.8 Å². The first-order valence-corrected chi connectivity index (χ1v) is 5.02. The number of halogens is 2. The van der Waals surface area contributed by atoms with Crippen LogP contribution in [-0.2, 0) is 6.61 Å². The molecule has 1 aromatic carbocycles. The Hall–Kier alpha value is -1.88. The van der Waals surface area contributed by atoms with Crippen molar-refractivity contribution in [2.75, 3.05) is 0 Å². The predicted molar refractivity (Wildman–Crippen MR) is 58.3 cm³/mol. The van der Waals surface area contributed by atoms with E-state index in [-0.39, 0.29) is 23.6 Å². The van der Waals surface area contributed by atoms with Gasteiger partial charge in [0.2, 0.25) is 0 Å². The summed E-state index contributed by atoms with van der Waals surface area (Å²) in [5.41, 5.74) is 0.583. The Kier molecular flexibility index (Phi) is 3.39. The minimum absolute atomic E-state index is 0.109. The van der Waals surface area contributed by atoms with E-state index in [4.69, 9.17) is 5.11 Å². The summed E-state index contributed by atoms with van der Waals surface area (Å²) >= 11 is 0. The van der Waals surface area contributed by atoms with Gasteiger partial charge in [-0.3, -0.25) is 0 Å². The quantitative estimate of drug-likeness (QED) is 0.890. The standard InChI is InChI=1S/C12H10F2N2O/c13-11(14)9-3-1-2-4-10(9)12-15-6-5-8(7-17)16-12/h1-6,11,17H,7H2. The summed E-state index contributed by atoms with van der Waals surface area (Å²) in [5, 5.41) is 8.95. The second kappa shape index (κ2) is 4.97. The van der Waals surface area contributed by atoms with Gasteiger partial charge in [0.05, 0.1) is 12.3 Å². The molecule has 88 valence electrons. The van der Waals surface area contributed by atoms with Crippen molar-refractivity contribution in [3.05, 3.63) is 47.8 Å². The van der Waals surface area contributed by atoms with Crippen LogP contribution < -0.4 is 0 Å². The first kappa shape index (κ1) is 11.6. The van der Waals surface area contributed by atoms with Crippen molar-refractivity contribution in [2.45, 2.75) is 13.0 Å². The van der Waals surface area contributed by atoms with E-state index in [1.165, 1.54) is 24.4 Å². The molecule has 5 heteroatoms. The van der Waals surface area contributed by atoms with Gasteiger partial charge in [-0.15, -0.1) is 0 Å². The molecule has 3 nitrogen and oxygen atoms in total. The van der Waals surface area contributed by atoms with Gasteiger partial charge in [0.1, 0.15) is 0 Å². The van der Waals surface area contributed by atoms with Crippen molar-refractivity contribution in [3.8, 4) is 11.4 Å². The summed E-state index contributed by atoms with van der Waals surface area (Å²) in [6, 6.07) is 7.61. The lowest BCUT2D eigenvalue weighted by Crippen LogP contribution is -1.97. The molecule has 2 rings (SSSR count). The number of hydrogen-bond acceptors (Lipinski definition) is 3. The summed E-state index contributed by atoms with van der Waals surface area (Å²) in [6.07, 6.45) is -1.14. The maximum Gasteiger partial charge on any atom is 0.264 e. The van der Waals surface area contributed by atoms with Crippen molar-refractivity contribution < 1.29 is 13.9 Å². The largest absolute Gasteiger partial charge is 0.390 e. The van der Waals surface area contributed by atoms with Crippen molar-refractivity contribution in [1.29, 1.82) is 0 Å². The zero-order valence-electron chi connectivity index (χ0n) is 8.85. The van der Waals surface area contributed by atoms with Crippen molar-refractivity contribution in [1.82, 2.24) is 9.97 Å². The van der Waals surface area contributed by atoms with Crippen LogP contribution in [0.5, 0.6) is 0 Å². The number of aromatic nitrogens is 2. The highest BCUT2D eigenvalue weighted by Crippen LogP contribution is 2.28. The molecule has 17 heavy (non-hydrogen) atoms. The Morgan fingerprint density at radius 2 is 1.94 bits per heavy atom. The molecule has 0 spiro atoms. The second-order valence-corrected chi connectivity index (χ2v) is 3.42. The number of aliphatic hydroxyl groups is 1. The maximum absolute atomic E-state index is 12.8. The fourth-order valence-electron chi connectivity index (χ4n) is 1.50. The average Bonchev–Trinajstić information content (AvgIpc) is 2.39. The van der Waals surface area contributed by atoms with Crippen LogP contribution in [0.15, 0.2) is 36.5 Å². The van der Waals surface area contributed by atoms with Crippen LogP contribution >= 0.6 is 0 Å². The normalized spacial score (nSPS) is 10.8. The summed E-state index contributed by atoms with van der Waals surface area (Å²) in [4.78, 5) is 7.96. The molecule has 0 fully saturated rings. The molecule has 0 aliphatic heterocycles. The number of rotatable bonds is 3. The van der Waals surface area contributed by atoms with E-state index in [1.54, 1.807) is 12.1 Å². The minimum Gasteiger partial charge on any atom is -0.390 e. The third-order valence-electron chi connectivity index (χ3n) is 2.31. The van der Waals surface area contributed by atoms with Crippen LogP contribution in [0.4, 0.5) is 8.78 Å². The first-order chi connectivity index (χ1) is 8.22. The van der Waals surface area contributed by atoms with Crippen molar-refractivity contribution >= 4 is 0 Å². The summed E-state index contributed by atoms with van der Waals surface area (Å²) in [7, 11) is 0. The first-order valence-electron chi connectivity index (χ1n) is 5.02. The fraction of sp³-hybridized carbons (Fsp3) is 0.167. The van der Waals surface area contributed by atoms with Gasteiger partial charge in [-0.25, -0.2) is 18.7 Å². The van der Waals surface area contributed by atoms with Crippen LogP contribution in [0, 0.1) is 0 Å². The number of alkyl halides is 2.